The number of carbonyl (C=O) groups is 2. The standard InChI is InChI=1S/C29H35N3O2/c1-21-11-10-16-25(22(21)2)30-17-19-31(20-18-30)27-26(23-12-6-5-7-13-23)28(33)32(29(27)34)24-14-8-3-4-9-15-24/h5-7,10-13,16,24H,3-4,8-9,14-15,17-20H2,1-2H3. The van der Waals surface area contributed by atoms with Crippen molar-refractivity contribution in [3.05, 3.63) is 70.9 Å². The van der Waals surface area contributed by atoms with Gasteiger partial charge in [0.05, 0.1) is 5.57 Å². The Labute approximate surface area is 203 Å². The van der Waals surface area contributed by atoms with Crippen LogP contribution in [0.15, 0.2) is 54.2 Å². The fourth-order valence-corrected chi connectivity index (χ4v) is 5.79. The first kappa shape index (κ1) is 22.7. The zero-order valence-corrected chi connectivity index (χ0v) is 20.4. The molecule has 0 aromatic heterocycles. The minimum atomic E-state index is -0.102. The molecule has 1 aliphatic carbocycles. The van der Waals surface area contributed by atoms with Crippen molar-refractivity contribution < 1.29 is 9.59 Å². The molecule has 3 aliphatic rings. The highest BCUT2D eigenvalue weighted by atomic mass is 16.2. The van der Waals surface area contributed by atoms with Gasteiger partial charge in [-0.25, -0.2) is 0 Å². The Morgan fingerprint density at radius 1 is 0.706 bits per heavy atom. The Balaban J connectivity index is 1.44. The molecular weight excluding hydrogens is 422 g/mol. The Bertz CT molecular complexity index is 1090. The van der Waals surface area contributed by atoms with Crippen molar-refractivity contribution in [1.29, 1.82) is 0 Å². The number of imide groups is 1. The van der Waals surface area contributed by atoms with Gasteiger partial charge in [0.1, 0.15) is 5.70 Å². The fourth-order valence-electron chi connectivity index (χ4n) is 5.79. The van der Waals surface area contributed by atoms with Gasteiger partial charge in [0.15, 0.2) is 0 Å². The van der Waals surface area contributed by atoms with Gasteiger partial charge >= 0.3 is 0 Å². The second-order valence-electron chi connectivity index (χ2n) is 9.91. The summed E-state index contributed by atoms with van der Waals surface area (Å²) in [5, 5.41) is 0. The monoisotopic (exact) mass is 457 g/mol. The van der Waals surface area contributed by atoms with Crippen molar-refractivity contribution in [2.45, 2.75) is 58.4 Å². The molecule has 2 fully saturated rings. The average molecular weight is 458 g/mol. The highest BCUT2D eigenvalue weighted by molar-refractivity contribution is 6.35. The lowest BCUT2D eigenvalue weighted by atomic mass is 10.0. The van der Waals surface area contributed by atoms with Crippen LogP contribution < -0.4 is 4.90 Å². The first-order valence-corrected chi connectivity index (χ1v) is 12.8. The third-order valence-corrected chi connectivity index (χ3v) is 7.86. The smallest absolute Gasteiger partial charge is 0.278 e. The van der Waals surface area contributed by atoms with E-state index in [2.05, 4.69) is 41.8 Å². The van der Waals surface area contributed by atoms with E-state index in [4.69, 9.17) is 0 Å². The molecule has 0 spiro atoms. The Morgan fingerprint density at radius 2 is 1.35 bits per heavy atom. The number of benzene rings is 2. The maximum Gasteiger partial charge on any atom is 0.278 e. The predicted octanol–water partition coefficient (Wildman–Crippen LogP) is 4.93. The van der Waals surface area contributed by atoms with Crippen LogP contribution in [0.4, 0.5) is 5.69 Å². The zero-order chi connectivity index (χ0) is 23.7. The summed E-state index contributed by atoms with van der Waals surface area (Å²) in [6, 6.07) is 16.2. The van der Waals surface area contributed by atoms with Gasteiger partial charge in [0.2, 0.25) is 0 Å². The molecule has 1 saturated carbocycles. The fraction of sp³-hybridized carbons (Fsp3) is 0.448. The van der Waals surface area contributed by atoms with Crippen LogP contribution in [0.1, 0.15) is 55.2 Å². The van der Waals surface area contributed by atoms with E-state index in [1.54, 1.807) is 4.90 Å². The van der Waals surface area contributed by atoms with Crippen LogP contribution in [0, 0.1) is 13.8 Å². The van der Waals surface area contributed by atoms with Crippen molar-refractivity contribution in [1.82, 2.24) is 9.80 Å². The Hall–Kier alpha value is -3.08. The van der Waals surface area contributed by atoms with Gasteiger partial charge in [-0.15, -0.1) is 0 Å². The lowest BCUT2D eigenvalue weighted by Crippen LogP contribution is -2.48. The van der Waals surface area contributed by atoms with Gasteiger partial charge < -0.3 is 9.80 Å². The molecule has 0 N–H and O–H groups in total. The van der Waals surface area contributed by atoms with Crippen molar-refractivity contribution in [2.75, 3.05) is 31.1 Å². The molecule has 178 valence electrons. The summed E-state index contributed by atoms with van der Waals surface area (Å²) in [7, 11) is 0. The molecule has 2 aromatic rings. The maximum atomic E-state index is 13.9. The van der Waals surface area contributed by atoms with Gasteiger partial charge in [-0.3, -0.25) is 14.5 Å². The highest BCUT2D eigenvalue weighted by Crippen LogP contribution is 2.36. The quantitative estimate of drug-likeness (QED) is 0.482. The minimum absolute atomic E-state index is 0.0231. The predicted molar refractivity (Wildman–Crippen MR) is 136 cm³/mol. The largest absolute Gasteiger partial charge is 0.368 e. The van der Waals surface area contributed by atoms with Crippen LogP contribution in [0.5, 0.6) is 0 Å². The number of hydrogen-bond acceptors (Lipinski definition) is 4. The molecule has 2 aliphatic heterocycles. The molecule has 0 bridgehead atoms. The number of piperazine rings is 1. The average Bonchev–Trinajstić information content (AvgIpc) is 3.01. The Morgan fingerprint density at radius 3 is 2.03 bits per heavy atom. The van der Waals surface area contributed by atoms with E-state index in [0.29, 0.717) is 11.3 Å². The first-order valence-electron chi connectivity index (χ1n) is 12.8. The van der Waals surface area contributed by atoms with Crippen LogP contribution in [-0.4, -0.2) is 53.8 Å². The summed E-state index contributed by atoms with van der Waals surface area (Å²) in [6.07, 6.45) is 6.41. The molecule has 5 heteroatoms. The number of anilines is 1. The van der Waals surface area contributed by atoms with Crippen LogP contribution in [0.2, 0.25) is 0 Å². The van der Waals surface area contributed by atoms with E-state index in [9.17, 15) is 9.59 Å². The Kier molecular flexibility index (Phi) is 6.44. The summed E-state index contributed by atoms with van der Waals surface area (Å²) in [4.78, 5) is 33.8. The van der Waals surface area contributed by atoms with Gasteiger partial charge in [-0.05, 0) is 49.4 Å². The number of rotatable bonds is 4. The second kappa shape index (κ2) is 9.65. The number of nitrogens with zero attached hydrogens (tertiary/aromatic N) is 3. The van der Waals surface area contributed by atoms with Crippen molar-refractivity contribution in [3.63, 3.8) is 0 Å². The van der Waals surface area contributed by atoms with Gasteiger partial charge in [0.25, 0.3) is 11.8 Å². The molecular formula is C29H35N3O2. The van der Waals surface area contributed by atoms with E-state index in [-0.39, 0.29) is 17.9 Å². The van der Waals surface area contributed by atoms with E-state index < -0.39 is 0 Å². The van der Waals surface area contributed by atoms with Crippen LogP contribution >= 0.6 is 0 Å². The first-order chi connectivity index (χ1) is 16.6. The second-order valence-corrected chi connectivity index (χ2v) is 9.91. The molecule has 0 radical (unpaired) electrons. The van der Waals surface area contributed by atoms with Crippen LogP contribution in [0.3, 0.4) is 0 Å². The summed E-state index contributed by atoms with van der Waals surface area (Å²) >= 11 is 0. The lowest BCUT2D eigenvalue weighted by Gasteiger charge is -2.38. The van der Waals surface area contributed by atoms with E-state index >= 15 is 0 Å². The molecule has 5 rings (SSSR count). The van der Waals surface area contributed by atoms with E-state index in [1.165, 1.54) is 29.7 Å². The van der Waals surface area contributed by atoms with Crippen LogP contribution in [0.25, 0.3) is 5.57 Å². The molecule has 34 heavy (non-hydrogen) atoms. The van der Waals surface area contributed by atoms with Gasteiger partial charge in [-0.1, -0.05) is 68.1 Å². The van der Waals surface area contributed by atoms with Crippen LogP contribution in [-0.2, 0) is 9.59 Å². The minimum Gasteiger partial charge on any atom is -0.368 e. The number of amides is 2. The number of hydrogen-bond donors (Lipinski definition) is 0. The summed E-state index contributed by atoms with van der Waals surface area (Å²) < 4.78 is 0. The van der Waals surface area contributed by atoms with Crippen molar-refractivity contribution >= 4 is 23.1 Å². The van der Waals surface area contributed by atoms with Gasteiger partial charge in [-0.2, -0.15) is 0 Å². The summed E-state index contributed by atoms with van der Waals surface area (Å²) in [6.45, 7) is 7.46. The normalized spacial score (nSPS) is 20.4. The van der Waals surface area contributed by atoms with E-state index in [0.717, 1.165) is 57.4 Å². The van der Waals surface area contributed by atoms with Gasteiger partial charge in [0, 0.05) is 37.9 Å². The third-order valence-electron chi connectivity index (χ3n) is 7.86. The molecule has 1 saturated heterocycles. The number of aryl methyl sites for hydroxylation is 1. The maximum absolute atomic E-state index is 13.9. The van der Waals surface area contributed by atoms with Crippen molar-refractivity contribution in [3.8, 4) is 0 Å². The third kappa shape index (κ3) is 4.13. The molecule has 0 unspecified atom stereocenters. The van der Waals surface area contributed by atoms with E-state index in [1.807, 2.05) is 30.3 Å². The molecule has 2 amide bonds. The molecule has 2 aromatic carbocycles. The highest BCUT2D eigenvalue weighted by Gasteiger charge is 2.45. The molecule has 0 atom stereocenters. The van der Waals surface area contributed by atoms with Crippen molar-refractivity contribution in [2.24, 2.45) is 0 Å². The summed E-state index contributed by atoms with van der Waals surface area (Å²) in [5.41, 5.74) is 5.93. The lowest BCUT2D eigenvalue weighted by molar-refractivity contribution is -0.140. The SMILES string of the molecule is Cc1cccc(N2CCN(C3=C(c4ccccc4)C(=O)N(C4CCCCCC4)C3=O)CC2)c1C. The zero-order valence-electron chi connectivity index (χ0n) is 20.4. The summed E-state index contributed by atoms with van der Waals surface area (Å²) in [5.74, 6) is -0.189. The molecule has 5 nitrogen and oxygen atoms in total. The molecule has 2 heterocycles. The number of carbonyl (C=O) groups excluding carboxylic acids is 2. The topological polar surface area (TPSA) is 43.9 Å².